The van der Waals surface area contributed by atoms with E-state index >= 15 is 0 Å². The number of hydrogen-bond acceptors (Lipinski definition) is 4. The number of alkyl halides is 3. The van der Waals surface area contributed by atoms with E-state index in [1.807, 2.05) is 0 Å². The molecule has 1 aliphatic carbocycles. The SMILES string of the molecule is COCCNc1nc2c(s1)CC(C(F)(F)F)CC2. The molecule has 0 saturated heterocycles. The molecule has 2 rings (SSSR count). The Labute approximate surface area is 107 Å². The van der Waals surface area contributed by atoms with E-state index in [2.05, 4.69) is 10.3 Å². The number of ether oxygens (including phenoxy) is 1. The second kappa shape index (κ2) is 5.44. The van der Waals surface area contributed by atoms with Crippen molar-refractivity contribution in [1.29, 1.82) is 0 Å². The second-order valence-corrected chi connectivity index (χ2v) is 5.37. The fourth-order valence-corrected chi connectivity index (χ4v) is 3.10. The van der Waals surface area contributed by atoms with Crippen molar-refractivity contribution in [3.63, 3.8) is 0 Å². The largest absolute Gasteiger partial charge is 0.392 e. The molecule has 0 bridgehead atoms. The zero-order valence-electron chi connectivity index (χ0n) is 10.0. The van der Waals surface area contributed by atoms with Crippen LogP contribution in [0, 0.1) is 5.92 Å². The van der Waals surface area contributed by atoms with Gasteiger partial charge in [-0.3, -0.25) is 0 Å². The minimum absolute atomic E-state index is 0.0719. The summed E-state index contributed by atoms with van der Waals surface area (Å²) in [6, 6.07) is 0. The van der Waals surface area contributed by atoms with Gasteiger partial charge >= 0.3 is 6.18 Å². The number of halogens is 3. The number of fused-ring (bicyclic) bond motifs is 1. The van der Waals surface area contributed by atoms with Gasteiger partial charge in [-0.05, 0) is 19.3 Å². The van der Waals surface area contributed by atoms with Crippen molar-refractivity contribution in [2.45, 2.75) is 25.4 Å². The van der Waals surface area contributed by atoms with Gasteiger partial charge < -0.3 is 10.1 Å². The Morgan fingerprint density at radius 2 is 2.28 bits per heavy atom. The van der Waals surface area contributed by atoms with Crippen molar-refractivity contribution in [3.05, 3.63) is 10.6 Å². The van der Waals surface area contributed by atoms with E-state index in [4.69, 9.17) is 4.74 Å². The maximum Gasteiger partial charge on any atom is 0.392 e. The van der Waals surface area contributed by atoms with Crippen LogP contribution in [0.25, 0.3) is 0 Å². The minimum atomic E-state index is -4.09. The lowest BCUT2D eigenvalue weighted by atomic mass is 9.91. The van der Waals surface area contributed by atoms with Crippen LogP contribution in [0.3, 0.4) is 0 Å². The molecular formula is C11H15F3N2OS. The van der Waals surface area contributed by atoms with E-state index in [9.17, 15) is 13.2 Å². The van der Waals surface area contributed by atoms with Gasteiger partial charge in [0.05, 0.1) is 18.2 Å². The number of aryl methyl sites for hydroxylation is 1. The quantitative estimate of drug-likeness (QED) is 0.861. The smallest absolute Gasteiger partial charge is 0.383 e. The molecule has 0 spiro atoms. The molecule has 102 valence electrons. The average molecular weight is 280 g/mol. The highest BCUT2D eigenvalue weighted by Gasteiger charge is 2.42. The zero-order chi connectivity index (χ0) is 13.2. The summed E-state index contributed by atoms with van der Waals surface area (Å²) in [5, 5.41) is 3.75. The van der Waals surface area contributed by atoms with E-state index in [-0.39, 0.29) is 12.8 Å². The van der Waals surface area contributed by atoms with Gasteiger partial charge in [-0.25, -0.2) is 4.98 Å². The molecule has 3 nitrogen and oxygen atoms in total. The fourth-order valence-electron chi connectivity index (χ4n) is 1.99. The van der Waals surface area contributed by atoms with Crippen molar-refractivity contribution >= 4 is 16.5 Å². The van der Waals surface area contributed by atoms with Crippen LogP contribution in [0.4, 0.5) is 18.3 Å². The highest BCUT2D eigenvalue weighted by Crippen LogP contribution is 2.39. The molecule has 1 unspecified atom stereocenters. The van der Waals surface area contributed by atoms with E-state index in [1.54, 1.807) is 7.11 Å². The Bertz CT molecular complexity index is 405. The molecule has 0 amide bonds. The van der Waals surface area contributed by atoms with Crippen molar-refractivity contribution in [3.8, 4) is 0 Å². The molecule has 1 atom stereocenters. The maximum atomic E-state index is 12.6. The van der Waals surface area contributed by atoms with E-state index < -0.39 is 12.1 Å². The van der Waals surface area contributed by atoms with Crippen LogP contribution in [-0.4, -0.2) is 31.4 Å². The number of nitrogens with zero attached hydrogens (tertiary/aromatic N) is 1. The molecule has 1 aromatic heterocycles. The van der Waals surface area contributed by atoms with E-state index in [0.717, 1.165) is 10.6 Å². The predicted octanol–water partition coefficient (Wildman–Crippen LogP) is 2.87. The van der Waals surface area contributed by atoms with Crippen LogP contribution in [0.15, 0.2) is 0 Å². The van der Waals surface area contributed by atoms with Crippen LogP contribution in [0.1, 0.15) is 17.0 Å². The van der Waals surface area contributed by atoms with Gasteiger partial charge in [0.2, 0.25) is 0 Å². The summed E-state index contributed by atoms with van der Waals surface area (Å²) in [6.45, 7) is 1.17. The third kappa shape index (κ3) is 3.14. The van der Waals surface area contributed by atoms with Crippen LogP contribution < -0.4 is 5.32 Å². The number of rotatable bonds is 4. The first-order valence-electron chi connectivity index (χ1n) is 5.79. The van der Waals surface area contributed by atoms with E-state index in [0.29, 0.717) is 24.7 Å². The summed E-state index contributed by atoms with van der Waals surface area (Å²) in [5.41, 5.74) is 0.820. The van der Waals surface area contributed by atoms with Crippen LogP contribution in [0.5, 0.6) is 0 Å². The van der Waals surface area contributed by atoms with Gasteiger partial charge in [0.1, 0.15) is 0 Å². The number of hydrogen-bond donors (Lipinski definition) is 1. The maximum absolute atomic E-state index is 12.6. The Morgan fingerprint density at radius 3 is 2.94 bits per heavy atom. The van der Waals surface area contributed by atoms with Crippen molar-refractivity contribution in [2.75, 3.05) is 25.6 Å². The Hall–Kier alpha value is -0.820. The summed E-state index contributed by atoms with van der Waals surface area (Å²) in [6.07, 6.45) is -3.45. The first-order valence-corrected chi connectivity index (χ1v) is 6.60. The molecular weight excluding hydrogens is 265 g/mol. The first-order chi connectivity index (χ1) is 8.50. The number of thiazole rings is 1. The highest BCUT2D eigenvalue weighted by atomic mass is 32.1. The highest BCUT2D eigenvalue weighted by molar-refractivity contribution is 7.15. The molecule has 0 fully saturated rings. The molecule has 0 aromatic carbocycles. The molecule has 1 heterocycles. The van der Waals surface area contributed by atoms with E-state index in [1.165, 1.54) is 11.3 Å². The van der Waals surface area contributed by atoms with Crippen LogP contribution >= 0.6 is 11.3 Å². The number of methoxy groups -OCH3 is 1. The van der Waals surface area contributed by atoms with Crippen molar-refractivity contribution in [1.82, 2.24) is 4.98 Å². The summed E-state index contributed by atoms with van der Waals surface area (Å²) in [5.74, 6) is -1.21. The van der Waals surface area contributed by atoms with Gasteiger partial charge in [-0.2, -0.15) is 13.2 Å². The summed E-state index contributed by atoms with van der Waals surface area (Å²) < 4.78 is 42.8. The van der Waals surface area contributed by atoms with Crippen molar-refractivity contribution < 1.29 is 17.9 Å². The molecule has 1 aliphatic rings. The standard InChI is InChI=1S/C11H15F3N2OS/c1-17-5-4-15-10-16-8-3-2-7(11(12,13)14)6-9(8)18-10/h7H,2-6H2,1H3,(H,15,16). The van der Waals surface area contributed by atoms with Gasteiger partial charge in [-0.15, -0.1) is 11.3 Å². The molecule has 7 heteroatoms. The van der Waals surface area contributed by atoms with Gasteiger partial charge in [0.25, 0.3) is 0 Å². The zero-order valence-corrected chi connectivity index (χ0v) is 10.8. The predicted molar refractivity (Wildman–Crippen MR) is 64.0 cm³/mol. The third-order valence-electron chi connectivity index (χ3n) is 2.98. The Morgan fingerprint density at radius 1 is 1.50 bits per heavy atom. The number of aromatic nitrogens is 1. The Balaban J connectivity index is 2.00. The number of nitrogens with one attached hydrogen (secondary N) is 1. The number of anilines is 1. The third-order valence-corrected chi connectivity index (χ3v) is 4.06. The second-order valence-electron chi connectivity index (χ2n) is 4.29. The van der Waals surface area contributed by atoms with Gasteiger partial charge in [-0.1, -0.05) is 0 Å². The summed E-state index contributed by atoms with van der Waals surface area (Å²) >= 11 is 1.33. The first kappa shape index (κ1) is 13.6. The molecule has 1 N–H and O–H groups in total. The monoisotopic (exact) mass is 280 g/mol. The fraction of sp³-hybridized carbons (Fsp3) is 0.727. The summed E-state index contributed by atoms with van der Waals surface area (Å²) in [4.78, 5) is 5.09. The summed E-state index contributed by atoms with van der Waals surface area (Å²) in [7, 11) is 1.60. The molecule has 0 saturated carbocycles. The molecule has 0 radical (unpaired) electrons. The lowest BCUT2D eigenvalue weighted by Gasteiger charge is -2.23. The van der Waals surface area contributed by atoms with Gasteiger partial charge in [0.15, 0.2) is 5.13 Å². The molecule has 1 aromatic rings. The minimum Gasteiger partial charge on any atom is -0.383 e. The Kier molecular flexibility index (Phi) is 4.11. The normalized spacial score (nSPS) is 19.7. The molecule has 0 aliphatic heterocycles. The van der Waals surface area contributed by atoms with Crippen molar-refractivity contribution in [2.24, 2.45) is 5.92 Å². The van der Waals surface area contributed by atoms with Crippen LogP contribution in [0.2, 0.25) is 0 Å². The average Bonchev–Trinajstić information content (AvgIpc) is 2.69. The van der Waals surface area contributed by atoms with Gasteiger partial charge in [0, 0.05) is 18.5 Å². The van der Waals surface area contributed by atoms with Crippen LogP contribution in [-0.2, 0) is 17.6 Å². The lowest BCUT2D eigenvalue weighted by Crippen LogP contribution is -2.28. The molecule has 18 heavy (non-hydrogen) atoms. The lowest BCUT2D eigenvalue weighted by molar-refractivity contribution is -0.176. The topological polar surface area (TPSA) is 34.1 Å².